The highest BCUT2D eigenvalue weighted by molar-refractivity contribution is 9.13. The molecule has 43 heavy (non-hydrogen) atoms. The average molecular weight is 730 g/mol. The topological polar surface area (TPSA) is 119 Å². The van der Waals surface area contributed by atoms with Crippen molar-refractivity contribution in [2.45, 2.75) is 51.5 Å². The number of carbonyl (C=O) groups excluding carboxylic acids is 5. The van der Waals surface area contributed by atoms with E-state index >= 15 is 0 Å². The summed E-state index contributed by atoms with van der Waals surface area (Å²) in [6.07, 6.45) is -1.59. The van der Waals surface area contributed by atoms with Crippen LogP contribution in [0, 0.1) is 18.8 Å². The van der Waals surface area contributed by atoms with Crippen LogP contribution in [-0.4, -0.2) is 40.7 Å². The third-order valence-corrected chi connectivity index (χ3v) is 10.6. The summed E-state index contributed by atoms with van der Waals surface area (Å²) in [6, 6.07) is 13.5. The molecular weight excluding hydrogens is 704 g/mol. The molecule has 2 aliphatic heterocycles. The van der Waals surface area contributed by atoms with Crippen LogP contribution in [0.5, 0.6) is 0 Å². The van der Waals surface area contributed by atoms with Gasteiger partial charge in [0, 0.05) is 25.9 Å². The standard InChI is InChI=1S/C31H26Br2N2O7S/c1-14-11-18-24(43-14)26(37)31(25(18)36)22-21(23(41-31)16-7-10-19(32)20(33)12-16)27(38)35(28(22)39)17-8-5-15(6-9-17)13-34-29(40)42-30(2,3)4/h5-12,21-23H,13H2,1-4H3,(H,34,40)/t21-,22-,23-,31-/m0/s1. The number of alkyl carbamates (subject to hydrolysis) is 1. The van der Waals surface area contributed by atoms with Crippen LogP contribution >= 0.6 is 43.2 Å². The Labute approximate surface area is 268 Å². The minimum Gasteiger partial charge on any atom is -0.444 e. The molecule has 12 heteroatoms. The average Bonchev–Trinajstić information content (AvgIpc) is 3.62. The normalized spacial score (nSPS) is 24.6. The molecule has 3 aliphatic rings. The highest BCUT2D eigenvalue weighted by Crippen LogP contribution is 2.58. The number of thiophene rings is 1. The summed E-state index contributed by atoms with van der Waals surface area (Å²) in [7, 11) is 0. The molecule has 222 valence electrons. The third kappa shape index (κ3) is 4.79. The maximum atomic E-state index is 14.2. The van der Waals surface area contributed by atoms with Crippen LogP contribution in [-0.2, 0) is 25.6 Å². The van der Waals surface area contributed by atoms with Gasteiger partial charge in [-0.25, -0.2) is 9.69 Å². The molecule has 0 bridgehead atoms. The van der Waals surface area contributed by atoms with Crippen molar-refractivity contribution >= 4 is 78.4 Å². The Hall–Kier alpha value is -3.19. The highest BCUT2D eigenvalue weighted by atomic mass is 79.9. The molecule has 0 radical (unpaired) electrons. The van der Waals surface area contributed by atoms with E-state index in [0.29, 0.717) is 21.3 Å². The number of benzene rings is 2. The number of aryl methyl sites for hydroxylation is 1. The van der Waals surface area contributed by atoms with Gasteiger partial charge in [-0.2, -0.15) is 0 Å². The molecule has 6 rings (SSSR count). The molecule has 2 saturated heterocycles. The molecule has 2 aromatic carbocycles. The smallest absolute Gasteiger partial charge is 0.407 e. The second-order valence-electron chi connectivity index (χ2n) is 11.7. The van der Waals surface area contributed by atoms with E-state index in [4.69, 9.17) is 9.47 Å². The van der Waals surface area contributed by atoms with Gasteiger partial charge in [0.1, 0.15) is 5.60 Å². The number of amides is 3. The van der Waals surface area contributed by atoms with E-state index in [-0.39, 0.29) is 17.0 Å². The molecule has 9 nitrogen and oxygen atoms in total. The summed E-state index contributed by atoms with van der Waals surface area (Å²) < 4.78 is 13.1. The highest BCUT2D eigenvalue weighted by Gasteiger charge is 2.75. The molecule has 0 unspecified atom stereocenters. The van der Waals surface area contributed by atoms with E-state index in [1.54, 1.807) is 76.2 Å². The lowest BCUT2D eigenvalue weighted by Gasteiger charge is -2.27. The Morgan fingerprint density at radius 3 is 2.33 bits per heavy atom. The molecule has 1 N–H and O–H groups in total. The molecular formula is C31H26Br2N2O7S. The number of hydrogen-bond acceptors (Lipinski definition) is 8. The van der Waals surface area contributed by atoms with Gasteiger partial charge in [-0.15, -0.1) is 11.3 Å². The maximum absolute atomic E-state index is 14.2. The third-order valence-electron chi connectivity index (χ3n) is 7.71. The van der Waals surface area contributed by atoms with Gasteiger partial charge >= 0.3 is 6.09 Å². The first-order chi connectivity index (χ1) is 20.2. The van der Waals surface area contributed by atoms with Crippen LogP contribution in [0.1, 0.15) is 62.9 Å². The zero-order valence-corrected chi connectivity index (χ0v) is 27.5. The van der Waals surface area contributed by atoms with E-state index in [0.717, 1.165) is 14.2 Å². The number of anilines is 1. The first-order valence-corrected chi connectivity index (χ1v) is 15.9. The maximum Gasteiger partial charge on any atom is 0.407 e. The number of nitrogens with zero attached hydrogens (tertiary/aromatic N) is 1. The molecule has 2 fully saturated rings. The summed E-state index contributed by atoms with van der Waals surface area (Å²) in [6.45, 7) is 7.27. The Kier molecular flexibility index (Phi) is 7.27. The van der Waals surface area contributed by atoms with Gasteiger partial charge in [-0.05, 0) is 101 Å². The lowest BCUT2D eigenvalue weighted by molar-refractivity contribution is -0.127. The monoisotopic (exact) mass is 728 g/mol. The van der Waals surface area contributed by atoms with E-state index in [1.807, 2.05) is 0 Å². The zero-order valence-electron chi connectivity index (χ0n) is 23.5. The number of rotatable bonds is 4. The van der Waals surface area contributed by atoms with Gasteiger partial charge in [-0.3, -0.25) is 19.2 Å². The summed E-state index contributed by atoms with van der Waals surface area (Å²) in [5.74, 6) is -4.81. The number of ketones is 2. The Bertz CT molecular complexity index is 1690. The molecule has 0 saturated carbocycles. The van der Waals surface area contributed by atoms with E-state index in [1.165, 1.54) is 11.3 Å². The Morgan fingerprint density at radius 2 is 1.70 bits per heavy atom. The second-order valence-corrected chi connectivity index (χ2v) is 14.7. The Balaban J connectivity index is 1.35. The first-order valence-electron chi connectivity index (χ1n) is 13.5. The molecule has 1 spiro atoms. The molecule has 4 atom stereocenters. The lowest BCUT2D eigenvalue weighted by Crippen LogP contribution is -2.51. The number of imide groups is 1. The van der Waals surface area contributed by atoms with Crippen molar-refractivity contribution in [3.8, 4) is 0 Å². The number of halogens is 2. The predicted octanol–water partition coefficient (Wildman–Crippen LogP) is 6.30. The molecule has 3 heterocycles. The van der Waals surface area contributed by atoms with Crippen LogP contribution < -0.4 is 10.2 Å². The van der Waals surface area contributed by atoms with Crippen LogP contribution in [0.3, 0.4) is 0 Å². The molecule has 3 aromatic rings. The van der Waals surface area contributed by atoms with E-state index in [2.05, 4.69) is 37.2 Å². The van der Waals surface area contributed by atoms with Gasteiger partial charge in [0.05, 0.1) is 28.5 Å². The van der Waals surface area contributed by atoms with Crippen LogP contribution in [0.2, 0.25) is 0 Å². The number of fused-ring (bicyclic) bond motifs is 3. The van der Waals surface area contributed by atoms with Crippen LogP contribution in [0.4, 0.5) is 10.5 Å². The Morgan fingerprint density at radius 1 is 1.00 bits per heavy atom. The summed E-state index contributed by atoms with van der Waals surface area (Å²) >= 11 is 8.10. The van der Waals surface area contributed by atoms with Gasteiger partial charge in [-0.1, -0.05) is 18.2 Å². The number of nitrogens with one attached hydrogen (secondary N) is 1. The van der Waals surface area contributed by atoms with Crippen molar-refractivity contribution in [1.82, 2.24) is 5.32 Å². The fraction of sp³-hybridized carbons (Fsp3) is 0.323. The van der Waals surface area contributed by atoms with Gasteiger partial charge in [0.25, 0.3) is 0 Å². The van der Waals surface area contributed by atoms with Gasteiger partial charge in [0.2, 0.25) is 29.0 Å². The van der Waals surface area contributed by atoms with Crippen molar-refractivity contribution < 1.29 is 33.4 Å². The van der Waals surface area contributed by atoms with Crippen molar-refractivity contribution in [2.75, 3.05) is 4.90 Å². The minimum atomic E-state index is -2.12. The largest absolute Gasteiger partial charge is 0.444 e. The van der Waals surface area contributed by atoms with Crippen LogP contribution in [0.25, 0.3) is 0 Å². The first kappa shape index (κ1) is 29.9. The predicted molar refractivity (Wildman–Crippen MR) is 165 cm³/mol. The molecule has 3 amide bonds. The summed E-state index contributed by atoms with van der Waals surface area (Å²) in [5.41, 5.74) is -0.973. The number of hydrogen-bond donors (Lipinski definition) is 1. The summed E-state index contributed by atoms with van der Waals surface area (Å²) in [4.78, 5) is 70.3. The van der Waals surface area contributed by atoms with Crippen molar-refractivity contribution in [3.63, 3.8) is 0 Å². The number of Topliss-reactive ketones (excluding diaryl/α,β-unsaturated/α-hetero) is 2. The minimum absolute atomic E-state index is 0.171. The molecule has 1 aliphatic carbocycles. The van der Waals surface area contributed by atoms with Crippen molar-refractivity contribution in [1.29, 1.82) is 0 Å². The fourth-order valence-electron chi connectivity index (χ4n) is 5.95. The number of carbonyl (C=O) groups is 5. The van der Waals surface area contributed by atoms with E-state index < -0.39 is 58.6 Å². The van der Waals surface area contributed by atoms with Crippen molar-refractivity contribution in [3.05, 3.63) is 83.9 Å². The SMILES string of the molecule is Cc1cc2c(s1)C(=O)[C@@]1(O[C@@H](c3ccc(Br)c(Br)c3)[C@H]3C(=O)N(c4ccc(CNC(=O)OC(C)(C)C)cc4)C(=O)[C@H]31)C2=O. The molecule has 1 aromatic heterocycles. The zero-order chi connectivity index (χ0) is 31.0. The van der Waals surface area contributed by atoms with Gasteiger partial charge < -0.3 is 14.8 Å². The van der Waals surface area contributed by atoms with Crippen molar-refractivity contribution in [2.24, 2.45) is 11.8 Å². The second kappa shape index (κ2) is 10.5. The van der Waals surface area contributed by atoms with E-state index in [9.17, 15) is 24.0 Å². The lowest BCUT2D eigenvalue weighted by atomic mass is 9.77. The quantitative estimate of drug-likeness (QED) is 0.247. The van der Waals surface area contributed by atoms with Gasteiger partial charge in [0.15, 0.2) is 0 Å². The fourth-order valence-corrected chi connectivity index (χ4v) is 7.60. The van der Waals surface area contributed by atoms with Crippen LogP contribution in [0.15, 0.2) is 57.5 Å². The number of ether oxygens (including phenoxy) is 2. The summed E-state index contributed by atoms with van der Waals surface area (Å²) in [5, 5.41) is 2.67.